The number of ether oxygens (including phenoxy) is 1. The van der Waals surface area contributed by atoms with E-state index in [0.717, 1.165) is 31.0 Å². The van der Waals surface area contributed by atoms with E-state index >= 15 is 4.79 Å². The molecule has 3 aromatic heterocycles. The molecule has 3 fully saturated rings. The number of aromatic hydroxyl groups is 1. The zero-order valence-corrected chi connectivity index (χ0v) is 32.4. The van der Waals surface area contributed by atoms with Gasteiger partial charge < -0.3 is 9.84 Å². The molecule has 6 unspecified atom stereocenters. The topological polar surface area (TPSA) is 122 Å². The average Bonchev–Trinajstić information content (AvgIpc) is 3.96. The third-order valence-electron chi connectivity index (χ3n) is 12.1. The van der Waals surface area contributed by atoms with Crippen LogP contribution in [0.5, 0.6) is 11.5 Å². The Morgan fingerprint density at radius 3 is 2.61 bits per heavy atom. The van der Waals surface area contributed by atoms with Crippen LogP contribution in [-0.4, -0.2) is 50.0 Å². The van der Waals surface area contributed by atoms with Crippen molar-refractivity contribution in [2.24, 2.45) is 36.1 Å². The molecular weight excluding hydrogens is 744 g/mol. The Kier molecular flexibility index (Phi) is 8.18. The number of fused-ring (bicyclic) bond motifs is 5. The zero-order valence-electron chi connectivity index (χ0n) is 30.0. The van der Waals surface area contributed by atoms with E-state index in [0.29, 0.717) is 35.1 Å². The van der Waals surface area contributed by atoms with Gasteiger partial charge in [-0.15, -0.1) is 22.7 Å². The van der Waals surface area contributed by atoms with Gasteiger partial charge in [-0.1, -0.05) is 35.4 Å². The zero-order chi connectivity index (χ0) is 37.8. The maximum atomic E-state index is 15.1. The van der Waals surface area contributed by atoms with E-state index in [2.05, 4.69) is 0 Å². The number of hydrogen-bond acceptors (Lipinski definition) is 9. The predicted molar refractivity (Wildman–Crippen MR) is 208 cm³/mol. The number of allylic oxidation sites excluding steroid dienone is 2. The Morgan fingerprint density at radius 2 is 1.85 bits per heavy atom. The van der Waals surface area contributed by atoms with Crippen molar-refractivity contribution in [2.75, 3.05) is 11.5 Å². The second kappa shape index (κ2) is 12.6. The number of nitrogens with zero attached hydrogens (tertiary/aromatic N) is 4. The van der Waals surface area contributed by atoms with E-state index in [1.54, 1.807) is 47.3 Å². The summed E-state index contributed by atoms with van der Waals surface area (Å²) in [7, 11) is 1.73. The van der Waals surface area contributed by atoms with Crippen LogP contribution in [0.2, 0.25) is 5.02 Å². The second-order valence-electron chi connectivity index (χ2n) is 14.9. The van der Waals surface area contributed by atoms with Crippen LogP contribution in [0, 0.1) is 36.0 Å². The van der Waals surface area contributed by atoms with Gasteiger partial charge in [0.1, 0.15) is 11.5 Å². The molecule has 0 bridgehead atoms. The van der Waals surface area contributed by atoms with Gasteiger partial charge in [-0.2, -0.15) is 5.10 Å². The number of hydrogen-bond donors (Lipinski definition) is 1. The highest BCUT2D eigenvalue weighted by Crippen LogP contribution is 2.64. The van der Waals surface area contributed by atoms with Crippen molar-refractivity contribution < 1.29 is 29.0 Å². The number of amides is 4. The number of carbonyl (C=O) groups excluding carboxylic acids is 4. The molecule has 9 rings (SSSR count). The van der Waals surface area contributed by atoms with Crippen LogP contribution in [0.15, 0.2) is 71.6 Å². The molecule has 5 heterocycles. The van der Waals surface area contributed by atoms with Crippen LogP contribution >= 0.6 is 34.3 Å². The largest absolute Gasteiger partial charge is 0.504 e. The molecule has 13 heteroatoms. The lowest BCUT2D eigenvalue weighted by Crippen LogP contribution is -2.48. The van der Waals surface area contributed by atoms with Gasteiger partial charge in [0, 0.05) is 33.6 Å². The van der Waals surface area contributed by atoms with Crippen molar-refractivity contribution >= 4 is 73.8 Å². The Balaban J connectivity index is 1.15. The normalized spacial score (nSPS) is 26.4. The predicted octanol–water partition coefficient (Wildman–Crippen LogP) is 7.86. The molecule has 4 aliphatic rings. The first-order valence-corrected chi connectivity index (χ1v) is 20.1. The van der Waals surface area contributed by atoms with Crippen LogP contribution in [0.3, 0.4) is 0 Å². The number of benzene rings is 2. The molecule has 0 radical (unpaired) electrons. The summed E-state index contributed by atoms with van der Waals surface area (Å²) in [5.74, 6) is -3.66. The number of halogens is 1. The summed E-state index contributed by atoms with van der Waals surface area (Å²) >= 11 is 9.39. The first-order valence-electron chi connectivity index (χ1n) is 18.1. The summed E-state index contributed by atoms with van der Waals surface area (Å²) in [5, 5.41) is 19.1. The number of phenolic OH excluding ortho intramolecular Hbond substituents is 1. The van der Waals surface area contributed by atoms with Gasteiger partial charge in [0.15, 0.2) is 11.5 Å². The fourth-order valence-electron chi connectivity index (χ4n) is 9.59. The molecule has 5 aromatic rings. The lowest BCUT2D eigenvalue weighted by atomic mass is 9.51. The van der Waals surface area contributed by atoms with Gasteiger partial charge in [-0.3, -0.25) is 28.8 Å². The maximum Gasteiger partial charge on any atom is 0.242 e. The van der Waals surface area contributed by atoms with Crippen molar-refractivity contribution in [3.05, 3.63) is 92.7 Å². The summed E-state index contributed by atoms with van der Waals surface area (Å²) in [6, 6.07) is 16.4. The molecule has 4 amide bonds. The van der Waals surface area contributed by atoms with Gasteiger partial charge in [0.2, 0.25) is 23.6 Å². The molecule has 1 saturated carbocycles. The number of anilines is 1. The van der Waals surface area contributed by atoms with E-state index in [4.69, 9.17) is 21.4 Å². The smallest absolute Gasteiger partial charge is 0.242 e. The Hall–Kier alpha value is -4.78. The molecule has 1 N–H and O–H groups in total. The fraction of sp³-hybridized carbons (Fsp3) is 0.341. The highest BCUT2D eigenvalue weighted by Gasteiger charge is 2.68. The Labute approximate surface area is 324 Å². The number of imide groups is 2. The molecule has 2 aliphatic heterocycles. The van der Waals surface area contributed by atoms with E-state index < -0.39 is 35.0 Å². The number of rotatable bonds is 7. The fourth-order valence-corrected chi connectivity index (χ4v) is 11.6. The van der Waals surface area contributed by atoms with Gasteiger partial charge in [0.25, 0.3) is 0 Å². The third kappa shape index (κ3) is 4.99. The molecule has 2 aliphatic carbocycles. The molecule has 54 heavy (non-hydrogen) atoms. The second-order valence-corrected chi connectivity index (χ2v) is 17.4. The highest BCUT2D eigenvalue weighted by molar-refractivity contribution is 7.22. The van der Waals surface area contributed by atoms with E-state index in [9.17, 15) is 19.5 Å². The average molecular weight is 781 g/mol. The third-order valence-corrected chi connectivity index (χ3v) is 14.5. The highest BCUT2D eigenvalue weighted by atomic mass is 35.5. The lowest BCUT2D eigenvalue weighted by molar-refractivity contribution is -0.141. The van der Waals surface area contributed by atoms with Crippen LogP contribution in [0.4, 0.5) is 5.82 Å². The molecule has 276 valence electrons. The molecule has 0 spiro atoms. The number of phenols is 1. The van der Waals surface area contributed by atoms with Crippen molar-refractivity contribution in [1.29, 1.82) is 0 Å². The van der Waals surface area contributed by atoms with Gasteiger partial charge >= 0.3 is 0 Å². The number of carbonyl (C=O) groups is 4. The first-order chi connectivity index (χ1) is 25.9. The van der Waals surface area contributed by atoms with Crippen LogP contribution < -0.4 is 9.64 Å². The molecule has 6 atom stereocenters. The number of thiophene rings is 2. The molecule has 2 saturated heterocycles. The summed E-state index contributed by atoms with van der Waals surface area (Å²) < 4.78 is 8.43. The minimum Gasteiger partial charge on any atom is -0.504 e. The van der Waals surface area contributed by atoms with Gasteiger partial charge in [-0.05, 0) is 97.8 Å². The number of aromatic nitrogens is 2. The van der Waals surface area contributed by atoms with Crippen molar-refractivity contribution in [3.63, 3.8) is 0 Å². The first kappa shape index (κ1) is 35.0. The van der Waals surface area contributed by atoms with E-state index in [1.807, 2.05) is 62.6 Å². The summed E-state index contributed by atoms with van der Waals surface area (Å²) in [4.78, 5) is 62.7. The number of aryl methyl sites for hydroxylation is 2. The molecule has 10 nitrogen and oxygen atoms in total. The summed E-state index contributed by atoms with van der Waals surface area (Å²) in [6.45, 7) is 6.21. The van der Waals surface area contributed by atoms with E-state index in [-0.39, 0.29) is 48.1 Å². The molecule has 2 aromatic carbocycles. The Morgan fingerprint density at radius 1 is 1.04 bits per heavy atom. The summed E-state index contributed by atoms with van der Waals surface area (Å²) in [5.41, 5.74) is 1.95. The summed E-state index contributed by atoms with van der Waals surface area (Å²) in [6.07, 6.45) is 2.63. The number of likely N-dealkylation sites (tertiary alicyclic amines) is 1. The van der Waals surface area contributed by atoms with Crippen molar-refractivity contribution in [2.45, 2.75) is 46.1 Å². The van der Waals surface area contributed by atoms with Crippen LogP contribution in [-0.2, 0) is 32.8 Å². The monoisotopic (exact) mass is 780 g/mol. The molecular formula is C41H37ClN4O6S2. The van der Waals surface area contributed by atoms with Gasteiger partial charge in [0.05, 0.1) is 41.2 Å². The Bertz CT molecular complexity index is 2450. The van der Waals surface area contributed by atoms with E-state index in [1.165, 1.54) is 21.1 Å². The lowest BCUT2D eigenvalue weighted by Gasteiger charge is -2.49. The van der Waals surface area contributed by atoms with Crippen molar-refractivity contribution in [1.82, 2.24) is 14.7 Å². The quantitative estimate of drug-likeness (QED) is 0.132. The standard InChI is InChI=1S/C41H37ClN4O6S2/c1-5-52-31-15-21(8-12-30(31)47)35-24-10-11-25-34(39(50)45(37(25)48)19-23-7-6-14-53-23)27(24)17-28-38(49)46(40(51)41(28,35)3)33-18-29(43-44(33)4)36-20(2)26-16-22(42)9-13-32(26)54-36/h6-10,12-16,18,25,27-28,34-35,47H,5,11,17,19H2,1-4H3. The SMILES string of the molecule is CCOc1cc(C2C3=CCC4C(=O)N(Cc5cccs5)C(=O)C4C3CC3C(=O)N(c4cc(-c5sc6ccc(Cl)cc6c5C)nn4C)C(=O)C32C)ccc1O. The van der Waals surface area contributed by atoms with Crippen molar-refractivity contribution in [3.8, 4) is 22.1 Å². The van der Waals surface area contributed by atoms with Crippen LogP contribution in [0.1, 0.15) is 48.6 Å². The van der Waals surface area contributed by atoms with Gasteiger partial charge in [-0.25, -0.2) is 4.90 Å². The minimum absolute atomic E-state index is 0.0372. The minimum atomic E-state index is -1.26. The maximum absolute atomic E-state index is 15.1. The van der Waals surface area contributed by atoms with Crippen LogP contribution in [0.25, 0.3) is 20.7 Å².